The number of thiazole rings is 1. The lowest BCUT2D eigenvalue weighted by Crippen LogP contribution is -1.78. The molecule has 1 N–H and O–H groups in total. The van der Waals surface area contributed by atoms with Gasteiger partial charge in [0, 0.05) is 0 Å². The minimum Gasteiger partial charge on any atom is -0.506 e. The van der Waals surface area contributed by atoms with Crippen molar-refractivity contribution in [1.29, 1.82) is 0 Å². The van der Waals surface area contributed by atoms with Crippen molar-refractivity contribution in [1.82, 2.24) is 4.98 Å². The van der Waals surface area contributed by atoms with E-state index in [1.807, 2.05) is 36.4 Å². The van der Waals surface area contributed by atoms with Crippen LogP contribution in [0.2, 0.25) is 5.02 Å². The normalized spacial score (nSPS) is 10.9. The van der Waals surface area contributed by atoms with Gasteiger partial charge in [0.05, 0.1) is 20.8 Å². The van der Waals surface area contributed by atoms with Crippen LogP contribution in [0.25, 0.3) is 20.8 Å². The number of nitrogens with zero attached hydrogens (tertiary/aromatic N) is 1. The third-order valence-corrected chi connectivity index (χ3v) is 3.89. The van der Waals surface area contributed by atoms with E-state index >= 15 is 0 Å². The molecule has 2 aromatic carbocycles. The molecule has 0 bridgehead atoms. The van der Waals surface area contributed by atoms with Gasteiger partial charge in [-0.2, -0.15) is 0 Å². The predicted octanol–water partition coefficient (Wildman–Crippen LogP) is 4.32. The van der Waals surface area contributed by atoms with Crippen molar-refractivity contribution in [2.24, 2.45) is 0 Å². The Hall–Kier alpha value is -1.58. The number of rotatable bonds is 1. The maximum absolute atomic E-state index is 9.91. The molecule has 84 valence electrons. The van der Waals surface area contributed by atoms with Crippen LogP contribution in [-0.2, 0) is 0 Å². The van der Waals surface area contributed by atoms with Crippen LogP contribution in [0.15, 0.2) is 42.5 Å². The fourth-order valence-electron chi connectivity index (χ4n) is 1.68. The summed E-state index contributed by atoms with van der Waals surface area (Å²) < 4.78 is 1.10. The van der Waals surface area contributed by atoms with Gasteiger partial charge in [0.25, 0.3) is 0 Å². The van der Waals surface area contributed by atoms with Crippen LogP contribution < -0.4 is 0 Å². The summed E-state index contributed by atoms with van der Waals surface area (Å²) in [6, 6.07) is 13.2. The third-order valence-electron chi connectivity index (χ3n) is 2.51. The number of phenolic OH excluding ortho intramolecular Hbond substituents is 1. The molecule has 17 heavy (non-hydrogen) atoms. The molecular weight excluding hydrogens is 254 g/mol. The number of phenols is 1. The smallest absolute Gasteiger partial charge is 0.144 e. The van der Waals surface area contributed by atoms with E-state index in [0.29, 0.717) is 10.6 Å². The van der Waals surface area contributed by atoms with Gasteiger partial charge < -0.3 is 5.11 Å². The molecule has 0 spiro atoms. The zero-order valence-corrected chi connectivity index (χ0v) is 10.3. The van der Waals surface area contributed by atoms with E-state index in [-0.39, 0.29) is 5.75 Å². The van der Waals surface area contributed by atoms with Crippen molar-refractivity contribution >= 4 is 33.2 Å². The summed E-state index contributed by atoms with van der Waals surface area (Å²) in [6.07, 6.45) is 0. The van der Waals surface area contributed by atoms with Crippen molar-refractivity contribution in [2.45, 2.75) is 0 Å². The van der Waals surface area contributed by atoms with E-state index in [4.69, 9.17) is 11.6 Å². The van der Waals surface area contributed by atoms with Crippen LogP contribution >= 0.6 is 22.9 Å². The SMILES string of the molecule is Oc1c(Cl)cccc1-c1nc2ccccc2s1. The van der Waals surface area contributed by atoms with Crippen molar-refractivity contribution in [3.05, 3.63) is 47.5 Å². The van der Waals surface area contributed by atoms with Gasteiger partial charge in [0.2, 0.25) is 0 Å². The Bertz CT molecular complexity index is 660. The first-order valence-electron chi connectivity index (χ1n) is 5.09. The van der Waals surface area contributed by atoms with Crippen molar-refractivity contribution in [3.8, 4) is 16.3 Å². The summed E-state index contributed by atoms with van der Waals surface area (Å²) in [5.74, 6) is 0.0909. The number of hydrogen-bond acceptors (Lipinski definition) is 3. The Balaban J connectivity index is 2.24. The molecule has 0 aliphatic carbocycles. The van der Waals surface area contributed by atoms with Gasteiger partial charge >= 0.3 is 0 Å². The molecule has 0 aliphatic heterocycles. The van der Waals surface area contributed by atoms with Crippen molar-refractivity contribution in [2.75, 3.05) is 0 Å². The molecule has 2 nitrogen and oxygen atoms in total. The Labute approximate surface area is 107 Å². The van der Waals surface area contributed by atoms with Crippen molar-refractivity contribution in [3.63, 3.8) is 0 Å². The molecule has 1 heterocycles. The van der Waals surface area contributed by atoms with Crippen LogP contribution in [0.3, 0.4) is 0 Å². The average Bonchev–Trinajstić information content (AvgIpc) is 2.76. The van der Waals surface area contributed by atoms with Gasteiger partial charge in [0.15, 0.2) is 0 Å². The van der Waals surface area contributed by atoms with Crippen LogP contribution in [0.5, 0.6) is 5.75 Å². The summed E-state index contributed by atoms with van der Waals surface area (Å²) in [4.78, 5) is 4.48. The zero-order valence-electron chi connectivity index (χ0n) is 8.72. The first kappa shape index (κ1) is 10.6. The molecule has 0 atom stereocenters. The maximum Gasteiger partial charge on any atom is 0.144 e. The van der Waals surface area contributed by atoms with Crippen LogP contribution in [0, 0.1) is 0 Å². The molecule has 0 fully saturated rings. The Morgan fingerprint density at radius 3 is 2.71 bits per heavy atom. The molecule has 4 heteroatoms. The van der Waals surface area contributed by atoms with Gasteiger partial charge in [-0.05, 0) is 24.3 Å². The molecule has 3 aromatic rings. The lowest BCUT2D eigenvalue weighted by Gasteiger charge is -2.01. The number of benzene rings is 2. The van der Waals surface area contributed by atoms with E-state index in [0.717, 1.165) is 15.2 Å². The van der Waals surface area contributed by atoms with E-state index in [1.54, 1.807) is 17.4 Å². The minimum atomic E-state index is 0.0909. The highest BCUT2D eigenvalue weighted by molar-refractivity contribution is 7.21. The molecular formula is C13H8ClNOS. The second-order valence-corrected chi connectivity index (χ2v) is 5.06. The summed E-state index contributed by atoms with van der Waals surface area (Å²) in [5, 5.41) is 11.0. The Morgan fingerprint density at radius 1 is 1.06 bits per heavy atom. The van der Waals surface area contributed by atoms with Crippen LogP contribution in [0.1, 0.15) is 0 Å². The molecule has 3 rings (SSSR count). The number of halogens is 1. The molecule has 1 aromatic heterocycles. The molecule has 0 saturated carbocycles. The zero-order chi connectivity index (χ0) is 11.8. The van der Waals surface area contributed by atoms with E-state index in [9.17, 15) is 5.11 Å². The molecule has 0 unspecified atom stereocenters. The number of para-hydroxylation sites is 2. The van der Waals surface area contributed by atoms with Gasteiger partial charge in [-0.1, -0.05) is 29.8 Å². The Kier molecular flexibility index (Phi) is 2.50. The monoisotopic (exact) mass is 261 g/mol. The fourth-order valence-corrected chi connectivity index (χ4v) is 2.84. The standard InChI is InChI=1S/C13H8ClNOS/c14-9-5-3-4-8(12(9)16)13-15-10-6-1-2-7-11(10)17-13/h1-7,16H. The fraction of sp³-hybridized carbons (Fsp3) is 0. The molecule has 0 amide bonds. The molecule has 0 aliphatic rings. The lowest BCUT2D eigenvalue weighted by molar-refractivity contribution is 0.477. The average molecular weight is 262 g/mol. The van der Waals surface area contributed by atoms with Crippen LogP contribution in [0.4, 0.5) is 0 Å². The third kappa shape index (κ3) is 1.77. The quantitative estimate of drug-likeness (QED) is 0.708. The summed E-state index contributed by atoms with van der Waals surface area (Å²) in [7, 11) is 0. The minimum absolute atomic E-state index is 0.0909. The van der Waals surface area contributed by atoms with E-state index in [2.05, 4.69) is 4.98 Å². The van der Waals surface area contributed by atoms with E-state index < -0.39 is 0 Å². The second kappa shape index (κ2) is 4.02. The number of aromatic hydroxyl groups is 1. The number of aromatic nitrogens is 1. The first-order valence-corrected chi connectivity index (χ1v) is 6.28. The van der Waals surface area contributed by atoms with Gasteiger partial charge in [-0.25, -0.2) is 4.98 Å². The van der Waals surface area contributed by atoms with Crippen LogP contribution in [-0.4, -0.2) is 10.1 Å². The first-order chi connectivity index (χ1) is 8.25. The predicted molar refractivity (Wildman–Crippen MR) is 71.7 cm³/mol. The van der Waals surface area contributed by atoms with E-state index in [1.165, 1.54) is 0 Å². The lowest BCUT2D eigenvalue weighted by atomic mass is 10.2. The molecule has 0 saturated heterocycles. The van der Waals surface area contributed by atoms with Gasteiger partial charge in [-0.3, -0.25) is 0 Å². The summed E-state index contributed by atoms with van der Waals surface area (Å²) in [6.45, 7) is 0. The highest BCUT2D eigenvalue weighted by Crippen LogP contribution is 2.38. The highest BCUT2D eigenvalue weighted by atomic mass is 35.5. The Morgan fingerprint density at radius 2 is 1.88 bits per heavy atom. The second-order valence-electron chi connectivity index (χ2n) is 3.62. The summed E-state index contributed by atoms with van der Waals surface area (Å²) >= 11 is 7.43. The van der Waals surface area contributed by atoms with Gasteiger partial charge in [0.1, 0.15) is 10.8 Å². The summed E-state index contributed by atoms with van der Waals surface area (Å²) in [5.41, 5.74) is 1.62. The number of hydrogen-bond donors (Lipinski definition) is 1. The topological polar surface area (TPSA) is 33.1 Å². The van der Waals surface area contributed by atoms with Gasteiger partial charge in [-0.15, -0.1) is 11.3 Å². The van der Waals surface area contributed by atoms with Crippen molar-refractivity contribution < 1.29 is 5.11 Å². The maximum atomic E-state index is 9.91. The number of fused-ring (bicyclic) bond motifs is 1. The highest BCUT2D eigenvalue weighted by Gasteiger charge is 2.11. The largest absolute Gasteiger partial charge is 0.506 e. The molecule has 0 radical (unpaired) electrons.